The summed E-state index contributed by atoms with van der Waals surface area (Å²) >= 11 is 0. The van der Waals surface area contributed by atoms with E-state index in [0.717, 1.165) is 22.6 Å². The predicted octanol–water partition coefficient (Wildman–Crippen LogP) is 5.40. The molecule has 0 radical (unpaired) electrons. The van der Waals surface area contributed by atoms with Gasteiger partial charge >= 0.3 is 0 Å². The zero-order valence-corrected chi connectivity index (χ0v) is 18.0. The van der Waals surface area contributed by atoms with Gasteiger partial charge in [0.25, 0.3) is 0 Å². The summed E-state index contributed by atoms with van der Waals surface area (Å²) in [7, 11) is -1.72. The number of hydrogen-bond donors (Lipinski definition) is 0. The van der Waals surface area contributed by atoms with Gasteiger partial charge in [0.1, 0.15) is 5.52 Å². The van der Waals surface area contributed by atoms with Gasteiger partial charge in [-0.05, 0) is 23.7 Å². The molecule has 0 N–H and O–H groups in total. The normalized spacial score (nSPS) is 13.9. The van der Waals surface area contributed by atoms with Crippen molar-refractivity contribution in [1.29, 1.82) is 0 Å². The number of ketones is 1. The number of para-hydroxylation sites is 1. The first-order valence-electron chi connectivity index (χ1n) is 9.88. The minimum Gasteiger partial charge on any atom is -0.291 e. The van der Waals surface area contributed by atoms with Gasteiger partial charge in [0.2, 0.25) is 0 Å². The topological polar surface area (TPSA) is 47.8 Å². The van der Waals surface area contributed by atoms with Crippen LogP contribution in [0, 0.1) is 0 Å². The van der Waals surface area contributed by atoms with E-state index in [1.807, 2.05) is 89.6 Å². The number of fused-ring (bicyclic) bond motifs is 1. The van der Waals surface area contributed by atoms with Crippen LogP contribution in [0.25, 0.3) is 11.0 Å². The van der Waals surface area contributed by atoms with Crippen LogP contribution in [-0.2, 0) is 5.54 Å². The monoisotopic (exact) mass is 399 g/mol. The fourth-order valence-corrected chi connectivity index (χ4v) is 6.12. The number of rotatable bonds is 6. The van der Waals surface area contributed by atoms with Gasteiger partial charge < -0.3 is 0 Å². The van der Waals surface area contributed by atoms with Crippen LogP contribution in [0.5, 0.6) is 0 Å². The maximum absolute atomic E-state index is 14.2. The highest BCUT2D eigenvalue weighted by Gasteiger charge is 2.47. The summed E-state index contributed by atoms with van der Waals surface area (Å²) in [6.45, 7) is 6.88. The average molecular weight is 400 g/mol. The lowest BCUT2D eigenvalue weighted by Gasteiger charge is -2.37. The molecule has 4 aromatic rings. The Labute approximate surface area is 172 Å². The van der Waals surface area contributed by atoms with E-state index in [0.29, 0.717) is 5.56 Å². The molecule has 0 saturated heterocycles. The molecule has 29 heavy (non-hydrogen) atoms. The third-order valence-electron chi connectivity index (χ3n) is 5.16. The average Bonchev–Trinajstić information content (AvgIpc) is 3.17. The molecule has 146 valence electrons. The van der Waals surface area contributed by atoms with Gasteiger partial charge in [-0.25, -0.2) is 4.68 Å². The molecule has 1 unspecified atom stereocenters. The summed E-state index contributed by atoms with van der Waals surface area (Å²) in [4.78, 5) is 14.2. The zero-order chi connectivity index (χ0) is 20.5. The molecule has 4 rings (SSSR count). The van der Waals surface area contributed by atoms with E-state index < -0.39 is 13.6 Å². The molecule has 1 heterocycles. The van der Waals surface area contributed by atoms with Gasteiger partial charge in [0.05, 0.1) is 5.52 Å². The Morgan fingerprint density at radius 3 is 2.10 bits per heavy atom. The van der Waals surface area contributed by atoms with E-state index in [4.69, 9.17) is 0 Å². The highest BCUT2D eigenvalue weighted by Crippen LogP contribution is 2.39. The molecule has 0 fully saturated rings. The lowest BCUT2D eigenvalue weighted by atomic mass is 9.83. The molecule has 0 aliphatic heterocycles. The molecule has 4 nitrogen and oxygen atoms in total. The third-order valence-corrected chi connectivity index (χ3v) is 6.73. The molecule has 0 saturated carbocycles. The van der Waals surface area contributed by atoms with E-state index >= 15 is 0 Å². The Balaban J connectivity index is 2.07. The number of carbonyl (C=O) groups excluding carboxylic acids is 1. The largest absolute Gasteiger partial charge is 0.291 e. The van der Waals surface area contributed by atoms with Crippen molar-refractivity contribution in [2.45, 2.75) is 31.2 Å². The molecule has 0 aliphatic carbocycles. The molecule has 3 aromatic carbocycles. The summed E-state index contributed by atoms with van der Waals surface area (Å²) in [6.07, 6.45) is 0. The Kier molecular flexibility index (Phi) is 4.92. The van der Waals surface area contributed by atoms with Crippen molar-refractivity contribution in [1.82, 2.24) is 15.0 Å². The SMILES string of the molecule is C[Si](C)(C)CC(C(=O)c1ccccc1)(c1ccccc1)n1nnc2ccccc21. The zero-order valence-electron chi connectivity index (χ0n) is 17.0. The summed E-state index contributed by atoms with van der Waals surface area (Å²) in [5.41, 5.74) is 2.37. The third kappa shape index (κ3) is 3.54. The van der Waals surface area contributed by atoms with Crippen molar-refractivity contribution in [3.05, 3.63) is 96.1 Å². The fraction of sp³-hybridized carbons (Fsp3) is 0.208. The Bertz CT molecular complexity index is 1130. The number of hydrogen-bond acceptors (Lipinski definition) is 3. The van der Waals surface area contributed by atoms with Crippen LogP contribution < -0.4 is 0 Å². The molecular formula is C24H25N3OSi. The van der Waals surface area contributed by atoms with Crippen LogP contribution in [0.2, 0.25) is 25.7 Å². The molecule has 1 atom stereocenters. The van der Waals surface area contributed by atoms with Gasteiger partial charge in [0, 0.05) is 13.6 Å². The highest BCUT2D eigenvalue weighted by atomic mass is 28.3. The summed E-state index contributed by atoms with van der Waals surface area (Å²) in [6, 6.07) is 28.2. The predicted molar refractivity (Wildman–Crippen MR) is 120 cm³/mol. The fourth-order valence-electron chi connectivity index (χ4n) is 4.07. The molecule has 1 aromatic heterocycles. The van der Waals surface area contributed by atoms with E-state index in [1.165, 1.54) is 0 Å². The van der Waals surface area contributed by atoms with Crippen LogP contribution in [0.4, 0.5) is 0 Å². The van der Waals surface area contributed by atoms with Crippen molar-refractivity contribution < 1.29 is 4.79 Å². The van der Waals surface area contributed by atoms with Crippen LogP contribution >= 0.6 is 0 Å². The molecular weight excluding hydrogens is 374 g/mol. The van der Waals surface area contributed by atoms with E-state index in [2.05, 4.69) is 30.0 Å². The maximum Gasteiger partial charge on any atom is 0.194 e. The second-order valence-corrected chi connectivity index (χ2v) is 14.1. The van der Waals surface area contributed by atoms with E-state index in [1.54, 1.807) is 0 Å². The van der Waals surface area contributed by atoms with Crippen molar-refractivity contribution >= 4 is 24.9 Å². The quantitative estimate of drug-likeness (QED) is 0.322. The van der Waals surface area contributed by atoms with Gasteiger partial charge in [-0.1, -0.05) is 97.7 Å². The second-order valence-electron chi connectivity index (χ2n) is 8.65. The van der Waals surface area contributed by atoms with Gasteiger partial charge in [-0.3, -0.25) is 4.79 Å². The Morgan fingerprint density at radius 2 is 1.45 bits per heavy atom. The minimum atomic E-state index is -1.72. The van der Waals surface area contributed by atoms with Crippen molar-refractivity contribution in [3.63, 3.8) is 0 Å². The van der Waals surface area contributed by atoms with Gasteiger partial charge in [-0.15, -0.1) is 5.10 Å². The lowest BCUT2D eigenvalue weighted by molar-refractivity contribution is 0.0858. The first-order valence-corrected chi connectivity index (χ1v) is 13.6. The molecule has 0 amide bonds. The van der Waals surface area contributed by atoms with Crippen LogP contribution in [0.3, 0.4) is 0 Å². The van der Waals surface area contributed by atoms with Crippen LogP contribution in [0.1, 0.15) is 15.9 Å². The van der Waals surface area contributed by atoms with Gasteiger partial charge in [-0.2, -0.15) is 0 Å². The molecule has 5 heteroatoms. The highest BCUT2D eigenvalue weighted by molar-refractivity contribution is 6.76. The van der Waals surface area contributed by atoms with Crippen molar-refractivity contribution in [3.8, 4) is 0 Å². The number of nitrogens with zero attached hydrogens (tertiary/aromatic N) is 3. The summed E-state index contributed by atoms with van der Waals surface area (Å²) < 4.78 is 1.87. The first kappa shape index (κ1) is 19.3. The first-order chi connectivity index (χ1) is 13.9. The molecule has 0 aliphatic rings. The lowest BCUT2D eigenvalue weighted by Crippen LogP contribution is -2.48. The van der Waals surface area contributed by atoms with E-state index in [-0.39, 0.29) is 5.78 Å². The Hall–Kier alpha value is -3.05. The summed E-state index contributed by atoms with van der Waals surface area (Å²) in [5.74, 6) is 0.0578. The molecule has 0 bridgehead atoms. The van der Waals surface area contributed by atoms with Crippen molar-refractivity contribution in [2.75, 3.05) is 0 Å². The second kappa shape index (κ2) is 7.41. The Morgan fingerprint density at radius 1 is 0.862 bits per heavy atom. The van der Waals surface area contributed by atoms with Crippen molar-refractivity contribution in [2.24, 2.45) is 0 Å². The van der Waals surface area contributed by atoms with Crippen LogP contribution in [-0.4, -0.2) is 28.9 Å². The van der Waals surface area contributed by atoms with E-state index in [9.17, 15) is 4.79 Å². The summed E-state index contributed by atoms with van der Waals surface area (Å²) in [5, 5.41) is 8.94. The number of aromatic nitrogens is 3. The number of Topliss-reactive ketones (excluding diaryl/α,β-unsaturated/α-hetero) is 1. The minimum absolute atomic E-state index is 0.0578. The number of benzene rings is 3. The number of carbonyl (C=O) groups is 1. The molecule has 0 spiro atoms. The van der Waals surface area contributed by atoms with Gasteiger partial charge in [0.15, 0.2) is 11.3 Å². The smallest absolute Gasteiger partial charge is 0.194 e. The van der Waals surface area contributed by atoms with Crippen LogP contribution in [0.15, 0.2) is 84.9 Å². The maximum atomic E-state index is 14.2. The standard InChI is InChI=1S/C24H25N3OSi/c1-29(2,3)18-24(20-14-8-5-9-15-20,23(28)19-12-6-4-7-13-19)27-22-17-11-10-16-21(22)25-26-27/h4-17H,18H2,1-3H3.